The maximum Gasteiger partial charge on any atom is 0.0477 e. The summed E-state index contributed by atoms with van der Waals surface area (Å²) in [6, 6.07) is 44.4. The van der Waals surface area contributed by atoms with Crippen LogP contribution >= 0.6 is 0 Å². The molecule has 5 heteroatoms. The van der Waals surface area contributed by atoms with Crippen molar-refractivity contribution in [1.29, 1.82) is 0 Å². The fraction of sp³-hybridized carbons (Fsp3) is 0.437. The summed E-state index contributed by atoms with van der Waals surface area (Å²) in [6.07, 6.45) is 15.3. The molecule has 0 fully saturated rings. The number of aryl methyl sites for hydroxylation is 7. The molecule has 0 saturated carbocycles. The van der Waals surface area contributed by atoms with Gasteiger partial charge < -0.3 is 22.8 Å². The highest BCUT2D eigenvalue weighted by Gasteiger charge is 2.14. The van der Waals surface area contributed by atoms with Crippen molar-refractivity contribution in [3.63, 3.8) is 0 Å². The number of hydrogen-bond acceptors (Lipinski definition) is 0. The Balaban J connectivity index is 0.000000456. The number of hydrogen-bond donors (Lipinski definition) is 0. The van der Waals surface area contributed by atoms with Gasteiger partial charge in [-0.3, -0.25) is 0 Å². The van der Waals surface area contributed by atoms with E-state index in [1.54, 1.807) is 0 Å². The monoisotopic (exact) mass is 1030 g/mol. The molecule has 0 amide bonds. The van der Waals surface area contributed by atoms with Gasteiger partial charge in [-0.1, -0.05) is 168 Å². The third-order valence-electron chi connectivity index (χ3n) is 13.3. The Labute approximate surface area is 465 Å². The van der Waals surface area contributed by atoms with Crippen molar-refractivity contribution in [1.82, 2.24) is 22.8 Å². The second kappa shape index (κ2) is 35.2. The van der Waals surface area contributed by atoms with E-state index < -0.39 is 0 Å². The zero-order valence-corrected chi connectivity index (χ0v) is 52.7. The third kappa shape index (κ3) is 19.4. The maximum atomic E-state index is 2.31. The lowest BCUT2D eigenvalue weighted by Gasteiger charge is -2.18. The van der Waals surface area contributed by atoms with Crippen LogP contribution in [0, 0.1) is 0 Å². The van der Waals surface area contributed by atoms with Crippen LogP contribution in [0.5, 0.6) is 0 Å². The summed E-state index contributed by atoms with van der Waals surface area (Å²) in [5.74, 6) is 1.28. The second-order valence-corrected chi connectivity index (χ2v) is 19.6. The van der Waals surface area contributed by atoms with Crippen LogP contribution < -0.4 is 0 Å². The highest BCUT2D eigenvalue weighted by atomic mass is 14.9. The van der Waals surface area contributed by atoms with Gasteiger partial charge in [0, 0.05) is 93.8 Å². The van der Waals surface area contributed by atoms with Crippen LogP contribution in [0.25, 0.3) is 54.5 Å². The molecule has 0 saturated heterocycles. The van der Waals surface area contributed by atoms with Crippen LogP contribution in [-0.4, -0.2) is 22.8 Å². The fourth-order valence-electron chi connectivity index (χ4n) is 8.58. The molecule has 5 aromatic heterocycles. The standard InChI is InChI=1S/2C13H17N.2C12H15N.C11H13N.5C2H6/c1-13(2,3)11-5-6-12-10(9-11)7-8-14(12)4;1-4-10(2)11-5-6-13-12(9-11)7-8-14(13)3;1-9(2)10-4-5-12-11(8-10)6-7-13(12)3;1-3-4-10-5-6-12-11(9-10)7-8-13(12)2;1-3-9-4-5-11-10(8-9)6-7-12(11)2;5*1-2/h5-9H,1-4H3;5-10H,4H2,1-3H3;4-9H,1-3H3;5-9H,3-4H2,1-2H3;4-8H,3H2,1-2H3;5*1-2H3. The first-order valence-corrected chi connectivity index (χ1v) is 29.2. The van der Waals surface area contributed by atoms with Gasteiger partial charge in [-0.15, -0.1) is 0 Å². The lowest BCUT2D eigenvalue weighted by atomic mass is 9.86. The minimum atomic E-state index is 0.240. The summed E-state index contributed by atoms with van der Waals surface area (Å²) < 4.78 is 10.8. The predicted octanol–water partition coefficient (Wildman–Crippen LogP) is 21.5. The van der Waals surface area contributed by atoms with Gasteiger partial charge in [0.15, 0.2) is 0 Å². The van der Waals surface area contributed by atoms with Crippen molar-refractivity contribution < 1.29 is 0 Å². The van der Waals surface area contributed by atoms with Crippen LogP contribution in [0.2, 0.25) is 0 Å². The number of aromatic nitrogens is 5. The van der Waals surface area contributed by atoms with Crippen molar-refractivity contribution in [2.45, 2.75) is 174 Å². The van der Waals surface area contributed by atoms with Gasteiger partial charge in [0.05, 0.1) is 0 Å². The molecule has 10 aromatic rings. The van der Waals surface area contributed by atoms with Gasteiger partial charge in [0.25, 0.3) is 0 Å². The van der Waals surface area contributed by atoms with Gasteiger partial charge in [0.2, 0.25) is 0 Å². The smallest absolute Gasteiger partial charge is 0.0477 e. The lowest BCUT2D eigenvalue weighted by molar-refractivity contribution is 0.591. The van der Waals surface area contributed by atoms with E-state index in [4.69, 9.17) is 0 Å². The van der Waals surface area contributed by atoms with E-state index in [-0.39, 0.29) is 5.41 Å². The zero-order valence-electron chi connectivity index (χ0n) is 52.7. The minimum absolute atomic E-state index is 0.240. The second-order valence-electron chi connectivity index (χ2n) is 19.6. The molecule has 0 N–H and O–H groups in total. The molecule has 1 unspecified atom stereocenters. The van der Waals surface area contributed by atoms with Crippen molar-refractivity contribution in [2.75, 3.05) is 0 Å². The Morgan fingerprint density at radius 1 is 0.368 bits per heavy atom. The molecule has 10 rings (SSSR count). The van der Waals surface area contributed by atoms with E-state index in [2.05, 4.69) is 273 Å². The van der Waals surface area contributed by atoms with Crippen LogP contribution in [0.3, 0.4) is 0 Å². The van der Waals surface area contributed by atoms with Gasteiger partial charge in [-0.2, -0.15) is 0 Å². The van der Waals surface area contributed by atoms with E-state index in [9.17, 15) is 0 Å². The minimum Gasteiger partial charge on any atom is -0.351 e. The first kappa shape index (κ1) is 67.8. The quantitative estimate of drug-likeness (QED) is 0.159. The molecule has 0 bridgehead atoms. The summed E-state index contributed by atoms with van der Waals surface area (Å²) in [5, 5.41) is 6.73. The summed E-state index contributed by atoms with van der Waals surface area (Å²) in [4.78, 5) is 0. The highest BCUT2D eigenvalue weighted by Crippen LogP contribution is 2.27. The molecule has 0 spiro atoms. The molecular weight excluding hydrogens is 923 g/mol. The maximum absolute atomic E-state index is 2.31. The molecule has 5 aromatic carbocycles. The Morgan fingerprint density at radius 3 is 1.04 bits per heavy atom. The first-order chi connectivity index (χ1) is 36.5. The Morgan fingerprint density at radius 2 is 0.684 bits per heavy atom. The van der Waals surface area contributed by atoms with E-state index in [1.807, 2.05) is 69.2 Å². The van der Waals surface area contributed by atoms with Crippen molar-refractivity contribution in [3.8, 4) is 0 Å². The van der Waals surface area contributed by atoms with Crippen molar-refractivity contribution >= 4 is 54.5 Å². The van der Waals surface area contributed by atoms with Crippen LogP contribution in [0.1, 0.15) is 184 Å². The van der Waals surface area contributed by atoms with Crippen molar-refractivity contribution in [2.24, 2.45) is 35.2 Å². The van der Waals surface area contributed by atoms with Gasteiger partial charge >= 0.3 is 0 Å². The van der Waals surface area contributed by atoms with E-state index >= 15 is 0 Å². The van der Waals surface area contributed by atoms with Crippen molar-refractivity contribution in [3.05, 3.63) is 180 Å². The fourth-order valence-corrected chi connectivity index (χ4v) is 8.58. The van der Waals surface area contributed by atoms with E-state index in [0.29, 0.717) is 11.8 Å². The molecule has 0 radical (unpaired) electrons. The van der Waals surface area contributed by atoms with E-state index in [1.165, 1.54) is 102 Å². The van der Waals surface area contributed by atoms with E-state index in [0.717, 1.165) is 6.42 Å². The predicted molar refractivity (Wildman–Crippen MR) is 346 cm³/mol. The summed E-state index contributed by atoms with van der Waals surface area (Å²) in [6.45, 7) is 40.1. The Bertz CT molecular complexity index is 3110. The lowest BCUT2D eigenvalue weighted by Crippen LogP contribution is -2.10. The summed E-state index contributed by atoms with van der Waals surface area (Å²) in [7, 11) is 10.4. The number of fused-ring (bicyclic) bond motifs is 5. The molecule has 416 valence electrons. The first-order valence-electron chi connectivity index (χ1n) is 29.2. The number of benzene rings is 5. The zero-order chi connectivity index (χ0) is 57.7. The molecule has 0 aliphatic rings. The van der Waals surface area contributed by atoms with Gasteiger partial charge in [0.1, 0.15) is 0 Å². The van der Waals surface area contributed by atoms with Gasteiger partial charge in [-0.25, -0.2) is 0 Å². The highest BCUT2D eigenvalue weighted by molar-refractivity contribution is 5.83. The Kier molecular flexibility index (Phi) is 31.4. The van der Waals surface area contributed by atoms with Crippen LogP contribution in [0.4, 0.5) is 0 Å². The van der Waals surface area contributed by atoms with Crippen LogP contribution in [0.15, 0.2) is 152 Å². The topological polar surface area (TPSA) is 24.6 Å². The number of rotatable bonds is 6. The largest absolute Gasteiger partial charge is 0.351 e. The van der Waals surface area contributed by atoms with Crippen LogP contribution in [-0.2, 0) is 53.5 Å². The molecule has 1 atom stereocenters. The third-order valence-corrected chi connectivity index (χ3v) is 13.3. The molecule has 76 heavy (non-hydrogen) atoms. The molecule has 0 aliphatic carbocycles. The summed E-state index contributed by atoms with van der Waals surface area (Å²) >= 11 is 0. The molecule has 5 heterocycles. The average Bonchev–Trinajstić information content (AvgIpc) is 4.30. The summed E-state index contributed by atoms with van der Waals surface area (Å²) in [5.41, 5.74) is 13.9. The van der Waals surface area contributed by atoms with Gasteiger partial charge in [-0.05, 0) is 182 Å². The SMILES string of the molecule is CC.CC.CC.CC.CC.CC(C)c1ccc2c(ccn2C)c1.CCC(C)c1ccc2c(ccn2C)c1.CCCc1ccc2c(ccn2C)c1.CCc1ccc2c(ccn2C)c1.Cn1ccc2cc(C(C)(C)C)ccc21. The molecule has 5 nitrogen and oxygen atoms in total. The Hall–Kier alpha value is -6.20. The number of nitrogens with zero attached hydrogens (tertiary/aromatic N) is 5. The molecular formula is C71H107N5. The average molecular weight is 1030 g/mol. The normalized spacial score (nSPS) is 10.6. The molecule has 0 aliphatic heterocycles.